The molecule has 0 spiro atoms. The number of phenolic OH excluding ortho intramolecular Hbond substituents is 1. The van der Waals surface area contributed by atoms with E-state index in [2.05, 4.69) is 21.2 Å². The minimum Gasteiger partial charge on any atom is -0.505 e. The fourth-order valence-electron chi connectivity index (χ4n) is 1.80. The number of hydrogen-bond donors (Lipinski definition) is 2. The number of phenols is 1. The number of halogens is 3. The molecule has 0 heterocycles. The lowest BCUT2D eigenvalue weighted by atomic mass is 10.2. The Balaban J connectivity index is 2.31. The van der Waals surface area contributed by atoms with Crippen molar-refractivity contribution in [3.63, 3.8) is 0 Å². The van der Waals surface area contributed by atoms with E-state index in [1.165, 1.54) is 12.1 Å². The molecule has 0 unspecified atom stereocenters. The molecule has 2 aromatic rings. The molecule has 2 aromatic carbocycles. The second kappa shape index (κ2) is 7.22. The third-order valence-corrected chi connectivity index (χ3v) is 3.83. The van der Waals surface area contributed by atoms with Gasteiger partial charge in [-0.2, -0.15) is 0 Å². The lowest BCUT2D eigenvalue weighted by molar-refractivity contribution is 0.102. The highest BCUT2D eigenvalue weighted by Crippen LogP contribution is 2.35. The molecule has 22 heavy (non-hydrogen) atoms. The minimum absolute atomic E-state index is 0.0575. The molecular weight excluding hydrogens is 393 g/mol. The van der Waals surface area contributed by atoms with Gasteiger partial charge in [0.2, 0.25) is 0 Å². The summed E-state index contributed by atoms with van der Waals surface area (Å²) < 4.78 is 6.20. The van der Waals surface area contributed by atoms with Crippen molar-refractivity contribution in [2.45, 2.75) is 6.92 Å². The molecule has 0 aromatic heterocycles. The predicted octanol–water partition coefficient (Wildman–Crippen LogP) is 5.11. The van der Waals surface area contributed by atoms with Gasteiger partial charge in [-0.25, -0.2) is 0 Å². The zero-order chi connectivity index (χ0) is 16.3. The number of anilines is 1. The van der Waals surface area contributed by atoms with Crippen LogP contribution in [-0.4, -0.2) is 17.6 Å². The highest BCUT2D eigenvalue weighted by atomic mass is 79.9. The highest BCUT2D eigenvalue weighted by molar-refractivity contribution is 9.10. The van der Waals surface area contributed by atoms with Crippen LogP contribution in [0.3, 0.4) is 0 Å². The number of carbonyl (C=O) groups is 1. The molecule has 4 nitrogen and oxygen atoms in total. The Hall–Kier alpha value is -1.43. The molecule has 2 N–H and O–H groups in total. The smallest absolute Gasteiger partial charge is 0.259 e. The average molecular weight is 405 g/mol. The first-order valence-corrected chi connectivity index (χ1v) is 7.89. The molecule has 0 aliphatic heterocycles. The summed E-state index contributed by atoms with van der Waals surface area (Å²) in [5, 5.41) is 12.3. The number of amides is 1. The first-order chi connectivity index (χ1) is 10.4. The van der Waals surface area contributed by atoms with Crippen LogP contribution < -0.4 is 10.1 Å². The van der Waals surface area contributed by atoms with Gasteiger partial charge in [-0.3, -0.25) is 4.79 Å². The Morgan fingerprint density at radius 3 is 2.50 bits per heavy atom. The number of carbonyl (C=O) groups excluding carboxylic acids is 1. The fraction of sp³-hybridized carbons (Fsp3) is 0.133. The standard InChI is InChI=1S/C15H12BrCl2NO3/c1-2-22-13-4-3-8(16)5-10(13)15(21)19-9-6-11(17)14(20)12(18)7-9/h3-7,20H,2H2,1H3,(H,19,21). The molecule has 0 bridgehead atoms. The van der Waals surface area contributed by atoms with E-state index >= 15 is 0 Å². The van der Waals surface area contributed by atoms with Gasteiger partial charge in [0.05, 0.1) is 22.2 Å². The topological polar surface area (TPSA) is 58.6 Å². The molecule has 1 amide bonds. The van der Waals surface area contributed by atoms with Gasteiger partial charge in [0.25, 0.3) is 5.91 Å². The molecule has 0 atom stereocenters. The second-order valence-corrected chi connectivity index (χ2v) is 6.05. The van der Waals surface area contributed by atoms with Crippen molar-refractivity contribution >= 4 is 50.7 Å². The third kappa shape index (κ3) is 3.85. The van der Waals surface area contributed by atoms with E-state index in [-0.39, 0.29) is 21.7 Å². The van der Waals surface area contributed by atoms with Gasteiger partial charge in [-0.1, -0.05) is 39.1 Å². The van der Waals surface area contributed by atoms with E-state index < -0.39 is 0 Å². The van der Waals surface area contributed by atoms with Gasteiger partial charge in [0.1, 0.15) is 5.75 Å². The van der Waals surface area contributed by atoms with Gasteiger partial charge in [0.15, 0.2) is 5.75 Å². The molecule has 0 radical (unpaired) electrons. The first-order valence-electron chi connectivity index (χ1n) is 6.34. The first kappa shape index (κ1) is 16.9. The van der Waals surface area contributed by atoms with Crippen molar-refractivity contribution in [3.8, 4) is 11.5 Å². The van der Waals surface area contributed by atoms with Gasteiger partial charge < -0.3 is 15.2 Å². The van der Waals surface area contributed by atoms with Crippen LogP contribution >= 0.6 is 39.1 Å². The van der Waals surface area contributed by atoms with Crippen LogP contribution in [0.4, 0.5) is 5.69 Å². The van der Waals surface area contributed by atoms with Crippen molar-refractivity contribution in [1.82, 2.24) is 0 Å². The number of aromatic hydroxyl groups is 1. The summed E-state index contributed by atoms with van der Waals surface area (Å²) in [4.78, 5) is 12.4. The number of benzene rings is 2. The van der Waals surface area contributed by atoms with E-state index in [4.69, 9.17) is 27.9 Å². The van der Waals surface area contributed by atoms with Crippen molar-refractivity contribution in [3.05, 3.63) is 50.4 Å². The Morgan fingerprint density at radius 1 is 1.27 bits per heavy atom. The lowest BCUT2D eigenvalue weighted by Crippen LogP contribution is -2.13. The summed E-state index contributed by atoms with van der Waals surface area (Å²) in [5.41, 5.74) is 0.747. The maximum atomic E-state index is 12.4. The summed E-state index contributed by atoms with van der Waals surface area (Å²) in [5.74, 6) is -0.125. The summed E-state index contributed by atoms with van der Waals surface area (Å²) in [6.45, 7) is 2.28. The van der Waals surface area contributed by atoms with Crippen LogP contribution in [0.15, 0.2) is 34.8 Å². The zero-order valence-corrected chi connectivity index (χ0v) is 14.6. The summed E-state index contributed by atoms with van der Waals surface area (Å²) in [7, 11) is 0. The molecule has 0 aliphatic carbocycles. The van der Waals surface area contributed by atoms with Gasteiger partial charge in [-0.05, 0) is 37.3 Å². The van der Waals surface area contributed by atoms with Crippen molar-refractivity contribution in [2.75, 3.05) is 11.9 Å². The Kier molecular flexibility index (Phi) is 5.56. The van der Waals surface area contributed by atoms with E-state index in [0.29, 0.717) is 23.6 Å². The Labute approximate surface area is 146 Å². The lowest BCUT2D eigenvalue weighted by Gasteiger charge is -2.12. The summed E-state index contributed by atoms with van der Waals surface area (Å²) >= 11 is 15.0. The minimum atomic E-state index is -0.373. The maximum absolute atomic E-state index is 12.4. The summed E-state index contributed by atoms with van der Waals surface area (Å²) in [6.07, 6.45) is 0. The third-order valence-electron chi connectivity index (χ3n) is 2.76. The highest BCUT2D eigenvalue weighted by Gasteiger charge is 2.15. The zero-order valence-electron chi connectivity index (χ0n) is 11.5. The van der Waals surface area contributed by atoms with Crippen molar-refractivity contribution < 1.29 is 14.6 Å². The molecule has 2 rings (SSSR count). The van der Waals surface area contributed by atoms with Crippen molar-refractivity contribution in [2.24, 2.45) is 0 Å². The molecule has 7 heteroatoms. The largest absolute Gasteiger partial charge is 0.505 e. The number of ether oxygens (including phenoxy) is 1. The van der Waals surface area contributed by atoms with E-state index in [9.17, 15) is 9.90 Å². The predicted molar refractivity (Wildman–Crippen MR) is 91.4 cm³/mol. The molecular formula is C15H12BrCl2NO3. The van der Waals surface area contributed by atoms with Crippen LogP contribution in [0.1, 0.15) is 17.3 Å². The summed E-state index contributed by atoms with van der Waals surface area (Å²) in [6, 6.07) is 7.98. The quantitative estimate of drug-likeness (QED) is 0.696. The monoisotopic (exact) mass is 403 g/mol. The number of rotatable bonds is 4. The molecule has 0 fully saturated rings. The van der Waals surface area contributed by atoms with Crippen LogP contribution in [-0.2, 0) is 0 Å². The fourth-order valence-corrected chi connectivity index (χ4v) is 2.65. The van der Waals surface area contributed by atoms with Crippen LogP contribution in [0.25, 0.3) is 0 Å². The van der Waals surface area contributed by atoms with Crippen molar-refractivity contribution in [1.29, 1.82) is 0 Å². The van der Waals surface area contributed by atoms with E-state index in [1.54, 1.807) is 18.2 Å². The molecule has 116 valence electrons. The van der Waals surface area contributed by atoms with Gasteiger partial charge in [-0.15, -0.1) is 0 Å². The number of nitrogens with one attached hydrogen (secondary N) is 1. The van der Waals surface area contributed by atoms with E-state index in [0.717, 1.165) is 4.47 Å². The Morgan fingerprint density at radius 2 is 1.91 bits per heavy atom. The molecule has 0 aliphatic rings. The number of hydrogen-bond acceptors (Lipinski definition) is 3. The SMILES string of the molecule is CCOc1ccc(Br)cc1C(=O)Nc1cc(Cl)c(O)c(Cl)c1. The van der Waals surface area contributed by atoms with Gasteiger partial charge >= 0.3 is 0 Å². The van der Waals surface area contributed by atoms with Crippen LogP contribution in [0, 0.1) is 0 Å². The molecule has 0 saturated carbocycles. The van der Waals surface area contributed by atoms with E-state index in [1.807, 2.05) is 6.92 Å². The maximum Gasteiger partial charge on any atom is 0.259 e. The normalized spacial score (nSPS) is 10.4. The second-order valence-electron chi connectivity index (χ2n) is 4.32. The van der Waals surface area contributed by atoms with Crippen LogP contribution in [0.2, 0.25) is 10.0 Å². The molecule has 0 saturated heterocycles. The van der Waals surface area contributed by atoms with Gasteiger partial charge in [0, 0.05) is 10.2 Å². The van der Waals surface area contributed by atoms with Crippen LogP contribution in [0.5, 0.6) is 11.5 Å². The average Bonchev–Trinajstić information content (AvgIpc) is 2.46. The Bertz CT molecular complexity index is 699.